The number of alkyl carbamates (subject to hydrolysis) is 1. The van der Waals surface area contributed by atoms with Gasteiger partial charge in [0.2, 0.25) is 0 Å². The van der Waals surface area contributed by atoms with E-state index in [9.17, 15) is 15.0 Å². The SMILES string of the molecule is C=CCOC(=O)NCc1cccc(-c2cccc([C@H]3O[C@@H](CSCCO)[C@@H](C)[C@@H](c4ccc(CO)cc4)O3)c2)c1. The predicted molar refractivity (Wildman–Crippen MR) is 158 cm³/mol. The van der Waals surface area contributed by atoms with Crippen molar-refractivity contribution in [2.45, 2.75) is 38.6 Å². The van der Waals surface area contributed by atoms with E-state index in [1.165, 1.54) is 6.08 Å². The Morgan fingerprint density at radius 3 is 2.48 bits per heavy atom. The van der Waals surface area contributed by atoms with Crippen LogP contribution in [0.15, 0.2) is 85.5 Å². The van der Waals surface area contributed by atoms with E-state index in [4.69, 9.17) is 14.2 Å². The zero-order chi connectivity index (χ0) is 28.3. The number of hydrogen-bond donors (Lipinski definition) is 3. The number of aliphatic hydroxyl groups is 2. The smallest absolute Gasteiger partial charge is 0.407 e. The largest absolute Gasteiger partial charge is 0.445 e. The van der Waals surface area contributed by atoms with Gasteiger partial charge in [0.05, 0.1) is 25.4 Å². The molecule has 40 heavy (non-hydrogen) atoms. The van der Waals surface area contributed by atoms with Gasteiger partial charge in [0.1, 0.15) is 6.61 Å². The van der Waals surface area contributed by atoms with Gasteiger partial charge in [0.15, 0.2) is 6.29 Å². The molecule has 0 aliphatic carbocycles. The molecule has 0 unspecified atom stereocenters. The summed E-state index contributed by atoms with van der Waals surface area (Å²) in [6.45, 7) is 6.32. The molecule has 3 aromatic rings. The Morgan fingerprint density at radius 1 is 1.00 bits per heavy atom. The summed E-state index contributed by atoms with van der Waals surface area (Å²) in [5, 5.41) is 21.5. The third kappa shape index (κ3) is 7.96. The van der Waals surface area contributed by atoms with E-state index < -0.39 is 12.4 Å². The third-order valence-corrected chi connectivity index (χ3v) is 7.86. The normalized spacial score (nSPS) is 20.6. The Kier molecular flexibility index (Phi) is 11.2. The maximum atomic E-state index is 11.8. The van der Waals surface area contributed by atoms with E-state index >= 15 is 0 Å². The second-order valence-electron chi connectivity index (χ2n) is 9.69. The summed E-state index contributed by atoms with van der Waals surface area (Å²) in [7, 11) is 0. The zero-order valence-corrected chi connectivity index (χ0v) is 23.5. The summed E-state index contributed by atoms with van der Waals surface area (Å²) in [6, 6.07) is 24.0. The lowest BCUT2D eigenvalue weighted by Crippen LogP contribution is -2.38. The Labute approximate surface area is 240 Å². The lowest BCUT2D eigenvalue weighted by atomic mass is 9.91. The number of carbonyl (C=O) groups excluding carboxylic acids is 1. The minimum absolute atomic E-state index is 0.00301. The van der Waals surface area contributed by atoms with Crippen molar-refractivity contribution in [2.75, 3.05) is 24.7 Å². The molecule has 4 atom stereocenters. The van der Waals surface area contributed by atoms with Gasteiger partial charge in [-0.05, 0) is 39.9 Å². The maximum absolute atomic E-state index is 11.8. The maximum Gasteiger partial charge on any atom is 0.407 e. The van der Waals surface area contributed by atoms with Gasteiger partial charge in [-0.15, -0.1) is 0 Å². The van der Waals surface area contributed by atoms with Crippen molar-refractivity contribution in [3.05, 3.63) is 108 Å². The Morgan fingerprint density at radius 2 is 1.75 bits per heavy atom. The second-order valence-corrected chi connectivity index (χ2v) is 10.8. The van der Waals surface area contributed by atoms with E-state index in [1.807, 2.05) is 66.7 Å². The first-order valence-electron chi connectivity index (χ1n) is 13.4. The number of rotatable bonds is 12. The van der Waals surface area contributed by atoms with Crippen LogP contribution in [-0.4, -0.2) is 47.1 Å². The number of benzene rings is 3. The monoisotopic (exact) mass is 563 g/mol. The van der Waals surface area contributed by atoms with Gasteiger partial charge >= 0.3 is 6.09 Å². The lowest BCUT2D eigenvalue weighted by Gasteiger charge is -2.41. The minimum atomic E-state index is -0.567. The van der Waals surface area contributed by atoms with E-state index in [0.717, 1.165) is 39.1 Å². The number of ether oxygens (including phenoxy) is 3. The average Bonchev–Trinajstić information content (AvgIpc) is 3.00. The van der Waals surface area contributed by atoms with Crippen LogP contribution < -0.4 is 5.32 Å². The van der Waals surface area contributed by atoms with Crippen LogP contribution in [0.4, 0.5) is 4.79 Å². The third-order valence-electron chi connectivity index (χ3n) is 6.83. The fourth-order valence-corrected chi connectivity index (χ4v) is 5.57. The van der Waals surface area contributed by atoms with Gasteiger partial charge in [0.25, 0.3) is 0 Å². The molecule has 0 radical (unpaired) electrons. The van der Waals surface area contributed by atoms with Gasteiger partial charge in [-0.3, -0.25) is 0 Å². The lowest BCUT2D eigenvalue weighted by molar-refractivity contribution is -0.268. The molecule has 0 bridgehead atoms. The summed E-state index contributed by atoms with van der Waals surface area (Å²) >= 11 is 1.67. The molecule has 0 aromatic heterocycles. The summed E-state index contributed by atoms with van der Waals surface area (Å²) in [5.74, 6) is 1.49. The molecule has 1 amide bonds. The van der Waals surface area contributed by atoms with E-state index in [0.29, 0.717) is 12.3 Å². The van der Waals surface area contributed by atoms with Gasteiger partial charge in [-0.2, -0.15) is 11.8 Å². The Balaban J connectivity index is 1.54. The first-order chi connectivity index (χ1) is 19.5. The molecule has 0 saturated carbocycles. The fraction of sp³-hybridized carbons (Fsp3) is 0.344. The molecule has 3 aromatic carbocycles. The van der Waals surface area contributed by atoms with Crippen molar-refractivity contribution in [3.8, 4) is 11.1 Å². The summed E-state index contributed by atoms with van der Waals surface area (Å²) in [4.78, 5) is 11.8. The standard InChI is InChI=1S/C32H37NO6S/c1-3-15-37-32(36)33-19-24-6-4-7-26(17-24)27-8-5-9-28(18-27)31-38-29(21-40-16-14-34)22(2)30(39-31)25-12-10-23(20-35)11-13-25/h3-13,17-18,22,29-31,34-35H,1,14-16,19-21H2,2H3,(H,33,36)/t22-,29+,30+,31+/m1/s1. The van der Waals surface area contributed by atoms with E-state index in [2.05, 4.69) is 24.9 Å². The molecule has 7 nitrogen and oxygen atoms in total. The van der Waals surface area contributed by atoms with Crippen LogP contribution in [0, 0.1) is 5.92 Å². The second kappa shape index (κ2) is 15.0. The molecule has 8 heteroatoms. The number of carbonyl (C=O) groups is 1. The zero-order valence-electron chi connectivity index (χ0n) is 22.7. The highest BCUT2D eigenvalue weighted by Gasteiger charge is 2.38. The summed E-state index contributed by atoms with van der Waals surface area (Å²) < 4.78 is 18.1. The quantitative estimate of drug-likeness (QED) is 0.190. The number of aliphatic hydroxyl groups excluding tert-OH is 2. The molecule has 212 valence electrons. The highest BCUT2D eigenvalue weighted by Crippen LogP contribution is 2.43. The highest BCUT2D eigenvalue weighted by atomic mass is 32.2. The Bertz CT molecular complexity index is 1250. The van der Waals surface area contributed by atoms with Crippen molar-refractivity contribution < 1.29 is 29.2 Å². The van der Waals surface area contributed by atoms with Crippen molar-refractivity contribution in [1.82, 2.24) is 5.32 Å². The summed E-state index contributed by atoms with van der Waals surface area (Å²) in [5.41, 5.74) is 5.78. The van der Waals surface area contributed by atoms with E-state index in [1.54, 1.807) is 11.8 Å². The molecular weight excluding hydrogens is 526 g/mol. The number of amides is 1. The van der Waals surface area contributed by atoms with Crippen LogP contribution in [0.1, 0.15) is 41.6 Å². The first-order valence-corrected chi connectivity index (χ1v) is 14.6. The van der Waals surface area contributed by atoms with Gasteiger partial charge in [-0.25, -0.2) is 4.79 Å². The van der Waals surface area contributed by atoms with E-state index in [-0.39, 0.29) is 37.9 Å². The molecule has 1 fully saturated rings. The van der Waals surface area contributed by atoms with Gasteiger partial charge < -0.3 is 29.7 Å². The molecule has 1 saturated heterocycles. The number of nitrogens with one attached hydrogen (secondary N) is 1. The predicted octanol–water partition coefficient (Wildman–Crippen LogP) is 5.78. The average molecular weight is 564 g/mol. The van der Waals surface area contributed by atoms with Gasteiger partial charge in [0, 0.05) is 29.5 Å². The molecular formula is C32H37NO6S. The topological polar surface area (TPSA) is 97.3 Å². The number of thioether (sulfide) groups is 1. The minimum Gasteiger partial charge on any atom is -0.445 e. The highest BCUT2D eigenvalue weighted by molar-refractivity contribution is 7.99. The van der Waals surface area contributed by atoms with Crippen molar-refractivity contribution in [1.29, 1.82) is 0 Å². The van der Waals surface area contributed by atoms with Gasteiger partial charge in [-0.1, -0.05) is 80.2 Å². The van der Waals surface area contributed by atoms with Crippen molar-refractivity contribution in [3.63, 3.8) is 0 Å². The van der Waals surface area contributed by atoms with Crippen LogP contribution in [0.25, 0.3) is 11.1 Å². The van der Waals surface area contributed by atoms with Crippen LogP contribution in [-0.2, 0) is 27.4 Å². The van der Waals surface area contributed by atoms with Crippen LogP contribution in [0.5, 0.6) is 0 Å². The number of hydrogen-bond acceptors (Lipinski definition) is 7. The summed E-state index contributed by atoms with van der Waals surface area (Å²) in [6.07, 6.45) is 0.212. The molecule has 1 aliphatic rings. The molecule has 3 N–H and O–H groups in total. The molecule has 1 aliphatic heterocycles. The van der Waals surface area contributed by atoms with Crippen LogP contribution in [0.2, 0.25) is 0 Å². The molecule has 1 heterocycles. The van der Waals surface area contributed by atoms with Crippen LogP contribution in [0.3, 0.4) is 0 Å². The Hall–Kier alpha value is -3.14. The fourth-order valence-electron chi connectivity index (χ4n) is 4.66. The molecule has 4 rings (SSSR count). The van der Waals surface area contributed by atoms with Crippen molar-refractivity contribution >= 4 is 17.9 Å². The van der Waals surface area contributed by atoms with Crippen molar-refractivity contribution in [2.24, 2.45) is 5.92 Å². The first kappa shape index (κ1) is 29.8. The molecule has 0 spiro atoms. The van der Waals surface area contributed by atoms with Crippen LogP contribution >= 0.6 is 11.8 Å².